The van der Waals surface area contributed by atoms with Crippen LogP contribution in [0.4, 0.5) is 10.3 Å². The lowest BCUT2D eigenvalue weighted by Crippen LogP contribution is -1.93. The number of rotatable bonds is 3. The van der Waals surface area contributed by atoms with Crippen molar-refractivity contribution in [1.29, 1.82) is 0 Å². The van der Waals surface area contributed by atoms with Crippen LogP contribution in [0, 0.1) is 12.7 Å². The molecule has 0 bridgehead atoms. The van der Waals surface area contributed by atoms with Crippen molar-refractivity contribution < 1.29 is 4.39 Å². The molecule has 90 valence electrons. The molecule has 1 aromatic heterocycles. The summed E-state index contributed by atoms with van der Waals surface area (Å²) in [5.41, 5.74) is 9.06. The van der Waals surface area contributed by atoms with Crippen LogP contribution in [0.3, 0.4) is 0 Å². The Hall–Kier alpha value is -2.73. The third kappa shape index (κ3) is 2.50. The van der Waals surface area contributed by atoms with Crippen LogP contribution in [0.5, 0.6) is 0 Å². The molecule has 0 N–H and O–H groups in total. The van der Waals surface area contributed by atoms with E-state index in [4.69, 9.17) is 5.53 Å². The van der Waals surface area contributed by atoms with Crippen molar-refractivity contribution in [2.75, 3.05) is 0 Å². The number of nitrogens with zero attached hydrogens (tertiary/aromatic N) is 7. The number of benzene rings is 1. The van der Waals surface area contributed by atoms with Gasteiger partial charge in [-0.3, -0.25) is 0 Å². The molecule has 0 unspecified atom stereocenters. The molecule has 8 heteroatoms. The van der Waals surface area contributed by atoms with Crippen molar-refractivity contribution in [2.45, 2.75) is 6.92 Å². The normalized spacial score (nSPS) is 10.6. The van der Waals surface area contributed by atoms with Crippen molar-refractivity contribution in [1.82, 2.24) is 14.9 Å². The molecule has 0 saturated carbocycles. The molecule has 0 fully saturated rings. The molecule has 18 heavy (non-hydrogen) atoms. The molecule has 0 radical (unpaired) electrons. The predicted octanol–water partition coefficient (Wildman–Crippen LogP) is 2.55. The Bertz CT molecular complexity index is 622. The van der Waals surface area contributed by atoms with Crippen molar-refractivity contribution in [2.24, 2.45) is 10.2 Å². The Labute approximate surface area is 101 Å². The first kappa shape index (κ1) is 11.7. The SMILES string of the molecule is Cc1nnc(N=[N+]=[N-])n1/N=C\c1ccc(F)cc1. The molecule has 0 saturated heterocycles. The van der Waals surface area contributed by atoms with Gasteiger partial charge in [-0.15, -0.1) is 10.2 Å². The van der Waals surface area contributed by atoms with Crippen molar-refractivity contribution in [3.63, 3.8) is 0 Å². The summed E-state index contributed by atoms with van der Waals surface area (Å²) >= 11 is 0. The summed E-state index contributed by atoms with van der Waals surface area (Å²) in [7, 11) is 0. The maximum absolute atomic E-state index is 12.7. The number of hydrogen-bond acceptors (Lipinski definition) is 4. The van der Waals surface area contributed by atoms with Crippen LogP contribution in [-0.4, -0.2) is 21.1 Å². The lowest BCUT2D eigenvalue weighted by Gasteiger charge is -1.97. The molecular formula is C10H8FN7. The lowest BCUT2D eigenvalue weighted by atomic mass is 10.2. The highest BCUT2D eigenvalue weighted by Crippen LogP contribution is 2.10. The molecule has 0 aliphatic rings. The number of aryl methyl sites for hydroxylation is 1. The lowest BCUT2D eigenvalue weighted by molar-refractivity contribution is 0.628. The van der Waals surface area contributed by atoms with E-state index in [1.165, 1.54) is 23.0 Å². The Morgan fingerprint density at radius 3 is 2.72 bits per heavy atom. The van der Waals surface area contributed by atoms with Gasteiger partial charge in [0.25, 0.3) is 0 Å². The molecule has 7 nitrogen and oxygen atoms in total. The standard InChI is InChI=1S/C10H8FN7/c1-7-14-15-10(16-17-12)18(7)13-6-8-2-4-9(11)5-3-8/h2-6H,1H3/b13-6-. The molecule has 1 aromatic carbocycles. The van der Waals surface area contributed by atoms with E-state index in [0.717, 1.165) is 0 Å². The molecule has 0 amide bonds. The van der Waals surface area contributed by atoms with Gasteiger partial charge in [0.2, 0.25) is 5.95 Å². The van der Waals surface area contributed by atoms with Crippen molar-refractivity contribution >= 4 is 12.2 Å². The predicted molar refractivity (Wildman–Crippen MR) is 63.0 cm³/mol. The summed E-state index contributed by atoms with van der Waals surface area (Å²) < 4.78 is 14.0. The topological polar surface area (TPSA) is 91.8 Å². The Morgan fingerprint density at radius 2 is 2.06 bits per heavy atom. The van der Waals surface area contributed by atoms with Crippen molar-refractivity contribution in [3.8, 4) is 0 Å². The maximum atomic E-state index is 12.7. The number of aromatic nitrogens is 3. The maximum Gasteiger partial charge on any atom is 0.241 e. The zero-order valence-electron chi connectivity index (χ0n) is 9.40. The third-order valence-corrected chi connectivity index (χ3v) is 2.11. The third-order valence-electron chi connectivity index (χ3n) is 2.11. The smallest absolute Gasteiger partial charge is 0.207 e. The zero-order chi connectivity index (χ0) is 13.0. The highest BCUT2D eigenvalue weighted by molar-refractivity contribution is 5.79. The largest absolute Gasteiger partial charge is 0.241 e. The minimum absolute atomic E-state index is 0.0494. The molecule has 1 heterocycles. The second-order valence-corrected chi connectivity index (χ2v) is 3.34. The fraction of sp³-hybridized carbons (Fsp3) is 0.100. The quantitative estimate of drug-likeness (QED) is 0.359. The summed E-state index contributed by atoms with van der Waals surface area (Å²) in [6.45, 7) is 1.67. The molecule has 2 rings (SSSR count). The van der Waals surface area contributed by atoms with Gasteiger partial charge in [-0.25, -0.2) is 4.39 Å². The number of halogens is 1. The van der Waals surface area contributed by atoms with Gasteiger partial charge in [0.05, 0.1) is 6.21 Å². The van der Waals surface area contributed by atoms with Crippen LogP contribution in [-0.2, 0) is 0 Å². The monoisotopic (exact) mass is 245 g/mol. The van der Waals surface area contributed by atoms with E-state index < -0.39 is 0 Å². The van der Waals surface area contributed by atoms with Gasteiger partial charge >= 0.3 is 0 Å². The van der Waals surface area contributed by atoms with Crippen LogP contribution >= 0.6 is 0 Å². The van der Waals surface area contributed by atoms with Crippen LogP contribution in [0.2, 0.25) is 0 Å². The fourth-order valence-corrected chi connectivity index (χ4v) is 1.26. The van der Waals surface area contributed by atoms with Gasteiger partial charge in [-0.1, -0.05) is 12.1 Å². The first-order valence-corrected chi connectivity index (χ1v) is 4.98. The highest BCUT2D eigenvalue weighted by Gasteiger charge is 2.04. The summed E-state index contributed by atoms with van der Waals surface area (Å²) in [5.74, 6) is 0.214. The van der Waals surface area contributed by atoms with E-state index in [2.05, 4.69) is 25.3 Å². The van der Waals surface area contributed by atoms with Gasteiger partial charge in [-0.05, 0) is 35.3 Å². The van der Waals surface area contributed by atoms with E-state index in [1.54, 1.807) is 19.1 Å². The number of hydrogen-bond donors (Lipinski definition) is 0. The molecule has 0 spiro atoms. The van der Waals surface area contributed by atoms with Crippen molar-refractivity contribution in [3.05, 3.63) is 51.9 Å². The zero-order valence-corrected chi connectivity index (χ0v) is 9.40. The van der Waals surface area contributed by atoms with Crippen LogP contribution < -0.4 is 0 Å². The molecule has 0 aliphatic heterocycles. The van der Waals surface area contributed by atoms with E-state index in [9.17, 15) is 4.39 Å². The average molecular weight is 245 g/mol. The summed E-state index contributed by atoms with van der Waals surface area (Å²) in [5, 5.41) is 14.8. The molecule has 2 aromatic rings. The number of azide groups is 1. The second kappa shape index (κ2) is 5.07. The van der Waals surface area contributed by atoms with E-state index in [1.807, 2.05) is 0 Å². The Kier molecular flexibility index (Phi) is 3.31. The first-order chi connectivity index (χ1) is 8.70. The minimum atomic E-state index is -0.317. The van der Waals surface area contributed by atoms with Gasteiger partial charge in [0, 0.05) is 4.91 Å². The van der Waals surface area contributed by atoms with Crippen LogP contribution in [0.25, 0.3) is 10.4 Å². The second-order valence-electron chi connectivity index (χ2n) is 3.34. The van der Waals surface area contributed by atoms with E-state index >= 15 is 0 Å². The minimum Gasteiger partial charge on any atom is -0.207 e. The first-order valence-electron chi connectivity index (χ1n) is 4.98. The van der Waals surface area contributed by atoms with E-state index in [-0.39, 0.29) is 11.8 Å². The van der Waals surface area contributed by atoms with Gasteiger partial charge in [0.15, 0.2) is 5.82 Å². The molecule has 0 aliphatic carbocycles. The summed E-state index contributed by atoms with van der Waals surface area (Å²) in [6.07, 6.45) is 1.49. The van der Waals surface area contributed by atoms with Gasteiger partial charge in [0.1, 0.15) is 5.82 Å². The highest BCUT2D eigenvalue weighted by atomic mass is 19.1. The molecule has 0 atom stereocenters. The van der Waals surface area contributed by atoms with Crippen LogP contribution in [0.15, 0.2) is 34.5 Å². The summed E-state index contributed by atoms with van der Waals surface area (Å²) in [4.78, 5) is 2.62. The summed E-state index contributed by atoms with van der Waals surface area (Å²) in [6, 6.07) is 5.81. The Balaban J connectivity index is 2.31. The fourth-order valence-electron chi connectivity index (χ4n) is 1.26. The van der Waals surface area contributed by atoms with Crippen LogP contribution in [0.1, 0.15) is 11.4 Å². The van der Waals surface area contributed by atoms with Gasteiger partial charge in [-0.2, -0.15) is 9.78 Å². The Morgan fingerprint density at radius 1 is 1.33 bits per heavy atom. The average Bonchev–Trinajstić information content (AvgIpc) is 2.71. The van der Waals surface area contributed by atoms with Gasteiger partial charge < -0.3 is 0 Å². The van der Waals surface area contributed by atoms with E-state index in [0.29, 0.717) is 11.4 Å². The molecular weight excluding hydrogens is 237 g/mol.